The van der Waals surface area contributed by atoms with Crippen LogP contribution in [0.15, 0.2) is 17.5 Å². The zero-order chi connectivity index (χ0) is 11.1. The number of carbonyl (C=O) groups is 1. The normalized spacial score (nSPS) is 25.9. The maximum Gasteiger partial charge on any atom is 0.251 e. The Morgan fingerprint density at radius 3 is 2.67 bits per heavy atom. The molecule has 1 aromatic rings. The Morgan fingerprint density at radius 2 is 2.20 bits per heavy atom. The van der Waals surface area contributed by atoms with Gasteiger partial charge in [-0.2, -0.15) is 0 Å². The summed E-state index contributed by atoms with van der Waals surface area (Å²) in [4.78, 5) is 12.6. The average molecular weight is 241 g/mol. The van der Waals surface area contributed by atoms with Gasteiger partial charge >= 0.3 is 0 Å². The Hall–Kier alpha value is -0.653. The molecule has 15 heavy (non-hydrogen) atoms. The molecule has 2 rings (SSSR count). The number of hydrogen-bond donors (Lipinski definition) is 1. The maximum atomic E-state index is 11.4. The fraction of sp³-hybridized carbons (Fsp3) is 0.500. The van der Waals surface area contributed by atoms with Crippen molar-refractivity contribution in [1.29, 1.82) is 0 Å². The van der Waals surface area contributed by atoms with E-state index in [0.717, 1.165) is 0 Å². The first-order valence-electron chi connectivity index (χ1n) is 4.99. The molecular weight excluding hydrogens is 226 g/mol. The lowest BCUT2D eigenvalue weighted by Crippen LogP contribution is -2.59. The van der Waals surface area contributed by atoms with Gasteiger partial charge in [0.2, 0.25) is 0 Å². The lowest BCUT2D eigenvalue weighted by Gasteiger charge is -2.39. The maximum absolute atomic E-state index is 11.4. The summed E-state index contributed by atoms with van der Waals surface area (Å²) in [6.45, 7) is 6.30. The van der Waals surface area contributed by atoms with Gasteiger partial charge in [0.25, 0.3) is 5.91 Å². The molecule has 2 unspecified atom stereocenters. The summed E-state index contributed by atoms with van der Waals surface area (Å²) in [7, 11) is -1.64. The molecule has 1 aliphatic heterocycles. The van der Waals surface area contributed by atoms with E-state index in [-0.39, 0.29) is 18.1 Å². The van der Waals surface area contributed by atoms with E-state index < -0.39 is 8.32 Å². The van der Waals surface area contributed by atoms with Crippen LogP contribution in [-0.2, 0) is 9.22 Å². The number of amides is 1. The molecule has 0 saturated carbocycles. The molecule has 82 valence electrons. The number of hydrogen-bond acceptors (Lipinski definition) is 3. The first kappa shape index (κ1) is 10.9. The quantitative estimate of drug-likeness (QED) is 0.650. The first-order chi connectivity index (χ1) is 6.97. The molecule has 5 heteroatoms. The number of rotatable bonds is 3. The molecule has 1 saturated heterocycles. The third-order valence-corrected chi connectivity index (χ3v) is 4.11. The highest BCUT2D eigenvalue weighted by atomic mass is 32.1. The van der Waals surface area contributed by atoms with Crippen molar-refractivity contribution in [3.8, 4) is 0 Å². The molecule has 0 aromatic carbocycles. The Kier molecular flexibility index (Phi) is 2.70. The molecule has 1 fully saturated rings. The van der Waals surface area contributed by atoms with Crippen molar-refractivity contribution in [2.75, 3.05) is 0 Å². The van der Waals surface area contributed by atoms with Crippen molar-refractivity contribution in [2.24, 2.45) is 0 Å². The van der Waals surface area contributed by atoms with Gasteiger partial charge in [0, 0.05) is 4.88 Å². The van der Waals surface area contributed by atoms with Gasteiger partial charge in [-0.15, -0.1) is 11.3 Å². The standard InChI is InChI=1S/C10H15NO2SSi/c1-15(2,3)13-9-8(11-10(9)12)7-5-4-6-14-7/h4-6,8-9H,1-3H3,(H,11,12). The van der Waals surface area contributed by atoms with Crippen molar-refractivity contribution in [2.45, 2.75) is 31.8 Å². The summed E-state index contributed by atoms with van der Waals surface area (Å²) >= 11 is 1.66. The Morgan fingerprint density at radius 1 is 1.47 bits per heavy atom. The van der Waals surface area contributed by atoms with Crippen LogP contribution in [0.2, 0.25) is 19.6 Å². The fourth-order valence-electron chi connectivity index (χ4n) is 1.56. The minimum atomic E-state index is -1.64. The highest BCUT2D eigenvalue weighted by Gasteiger charge is 2.43. The van der Waals surface area contributed by atoms with Crippen molar-refractivity contribution in [3.05, 3.63) is 22.4 Å². The SMILES string of the molecule is C[Si](C)(C)OC1C(=O)NC1c1cccs1. The first-order valence-corrected chi connectivity index (χ1v) is 9.28. The summed E-state index contributed by atoms with van der Waals surface area (Å²) in [6, 6.07) is 4.11. The van der Waals surface area contributed by atoms with Gasteiger partial charge in [0.05, 0.1) is 6.04 Å². The van der Waals surface area contributed by atoms with Crippen molar-refractivity contribution in [1.82, 2.24) is 5.32 Å². The smallest absolute Gasteiger partial charge is 0.251 e. The molecule has 0 bridgehead atoms. The van der Waals surface area contributed by atoms with Crippen LogP contribution in [0.5, 0.6) is 0 Å². The molecule has 2 heterocycles. The second-order valence-corrected chi connectivity index (χ2v) is 10.1. The molecule has 0 aliphatic carbocycles. The zero-order valence-corrected chi connectivity index (χ0v) is 10.9. The third kappa shape index (κ3) is 2.30. The van der Waals surface area contributed by atoms with Crippen LogP contribution in [-0.4, -0.2) is 20.3 Å². The summed E-state index contributed by atoms with van der Waals surface area (Å²) in [6.07, 6.45) is -0.268. The van der Waals surface area contributed by atoms with Crippen molar-refractivity contribution in [3.63, 3.8) is 0 Å². The number of carbonyl (C=O) groups excluding carboxylic acids is 1. The molecule has 1 N–H and O–H groups in total. The monoisotopic (exact) mass is 241 g/mol. The van der Waals surface area contributed by atoms with Crippen LogP contribution >= 0.6 is 11.3 Å². The molecule has 0 spiro atoms. The summed E-state index contributed by atoms with van der Waals surface area (Å²) in [5.41, 5.74) is 0. The lowest BCUT2D eigenvalue weighted by atomic mass is 10.0. The molecular formula is C10H15NO2SSi. The molecule has 1 amide bonds. The van der Waals surface area contributed by atoms with Crippen LogP contribution in [0.1, 0.15) is 10.9 Å². The van der Waals surface area contributed by atoms with E-state index in [1.54, 1.807) is 11.3 Å². The van der Waals surface area contributed by atoms with Crippen molar-refractivity contribution >= 4 is 25.6 Å². The summed E-state index contributed by atoms with van der Waals surface area (Å²) < 4.78 is 5.86. The largest absolute Gasteiger partial charge is 0.404 e. The molecule has 1 aromatic heterocycles. The van der Waals surface area contributed by atoms with Crippen LogP contribution in [0.25, 0.3) is 0 Å². The Bertz CT molecular complexity index is 358. The van der Waals surface area contributed by atoms with Crippen LogP contribution in [0.4, 0.5) is 0 Å². The van der Waals surface area contributed by atoms with Crippen LogP contribution in [0.3, 0.4) is 0 Å². The van der Waals surface area contributed by atoms with E-state index in [4.69, 9.17) is 4.43 Å². The predicted octanol–water partition coefficient (Wildman–Crippen LogP) is 2.14. The fourth-order valence-corrected chi connectivity index (χ4v) is 3.36. The highest BCUT2D eigenvalue weighted by Crippen LogP contribution is 2.31. The van der Waals surface area contributed by atoms with Gasteiger partial charge in [-0.25, -0.2) is 0 Å². The predicted molar refractivity (Wildman–Crippen MR) is 63.4 cm³/mol. The molecule has 3 nitrogen and oxygen atoms in total. The highest BCUT2D eigenvalue weighted by molar-refractivity contribution is 7.10. The van der Waals surface area contributed by atoms with Crippen LogP contribution in [0, 0.1) is 0 Å². The summed E-state index contributed by atoms with van der Waals surface area (Å²) in [5, 5.41) is 4.91. The van der Waals surface area contributed by atoms with E-state index in [0.29, 0.717) is 0 Å². The average Bonchev–Trinajstić information content (AvgIpc) is 2.61. The topological polar surface area (TPSA) is 38.3 Å². The Labute approximate surface area is 94.6 Å². The van der Waals surface area contributed by atoms with Gasteiger partial charge < -0.3 is 9.74 Å². The van der Waals surface area contributed by atoms with E-state index in [1.807, 2.05) is 17.5 Å². The zero-order valence-electron chi connectivity index (χ0n) is 9.11. The van der Waals surface area contributed by atoms with Gasteiger partial charge in [-0.1, -0.05) is 6.07 Å². The van der Waals surface area contributed by atoms with E-state index in [9.17, 15) is 4.79 Å². The molecule has 2 atom stereocenters. The number of thiophene rings is 1. The lowest BCUT2D eigenvalue weighted by molar-refractivity contribution is -0.140. The van der Waals surface area contributed by atoms with Gasteiger partial charge in [0.1, 0.15) is 6.10 Å². The second-order valence-electron chi connectivity index (χ2n) is 4.65. The molecule has 1 aliphatic rings. The van der Waals surface area contributed by atoms with E-state index in [1.165, 1.54) is 4.88 Å². The number of β-lactam (4-membered cyclic amide) rings is 1. The minimum Gasteiger partial charge on any atom is -0.404 e. The minimum absolute atomic E-state index is 0.0239. The van der Waals surface area contributed by atoms with Gasteiger partial charge in [-0.3, -0.25) is 4.79 Å². The van der Waals surface area contributed by atoms with E-state index >= 15 is 0 Å². The Balaban J connectivity index is 2.07. The second kappa shape index (κ2) is 3.73. The van der Waals surface area contributed by atoms with E-state index in [2.05, 4.69) is 25.0 Å². The number of nitrogens with one attached hydrogen (secondary N) is 1. The van der Waals surface area contributed by atoms with Gasteiger partial charge in [-0.05, 0) is 31.1 Å². The van der Waals surface area contributed by atoms with Gasteiger partial charge in [0.15, 0.2) is 8.32 Å². The summed E-state index contributed by atoms with van der Waals surface area (Å²) in [5.74, 6) is 0.0239. The molecule has 0 radical (unpaired) electrons. The van der Waals surface area contributed by atoms with Crippen LogP contribution < -0.4 is 5.32 Å². The van der Waals surface area contributed by atoms with Crippen molar-refractivity contribution < 1.29 is 9.22 Å². The third-order valence-electron chi connectivity index (χ3n) is 2.19.